The van der Waals surface area contributed by atoms with Crippen molar-refractivity contribution in [1.29, 1.82) is 0 Å². The average molecular weight is 401 g/mol. The Hall–Kier alpha value is -2.10. The van der Waals surface area contributed by atoms with Crippen molar-refractivity contribution in [1.82, 2.24) is 9.47 Å². The Morgan fingerprint density at radius 3 is 2.50 bits per heavy atom. The fourth-order valence-electron chi connectivity index (χ4n) is 6.25. The van der Waals surface area contributed by atoms with Gasteiger partial charge in [0.25, 0.3) is 0 Å². The van der Waals surface area contributed by atoms with Crippen molar-refractivity contribution < 1.29 is 5.11 Å². The molecule has 1 aliphatic carbocycles. The fraction of sp³-hybridized carbons (Fsp3) is 0.481. The Morgan fingerprint density at radius 1 is 0.967 bits per heavy atom. The van der Waals surface area contributed by atoms with Crippen LogP contribution >= 0.6 is 0 Å². The topological polar surface area (TPSA) is 28.4 Å². The van der Waals surface area contributed by atoms with Gasteiger partial charge in [0.15, 0.2) is 0 Å². The van der Waals surface area contributed by atoms with E-state index < -0.39 is 5.60 Å². The molecule has 3 aliphatic rings. The molecule has 1 saturated carbocycles. The highest BCUT2D eigenvalue weighted by molar-refractivity contribution is 5.87. The predicted octanol–water partition coefficient (Wildman–Crippen LogP) is 5.39. The van der Waals surface area contributed by atoms with Crippen molar-refractivity contribution in [3.05, 3.63) is 70.4 Å². The number of aliphatic hydroxyl groups is 1. The van der Waals surface area contributed by atoms with Crippen LogP contribution in [0.3, 0.4) is 0 Å². The van der Waals surface area contributed by atoms with Crippen LogP contribution in [-0.2, 0) is 18.6 Å². The van der Waals surface area contributed by atoms with Crippen LogP contribution in [0.2, 0.25) is 0 Å². The molecule has 3 heteroatoms. The van der Waals surface area contributed by atoms with E-state index >= 15 is 0 Å². The maximum absolute atomic E-state index is 11.6. The molecule has 0 radical (unpaired) electrons. The zero-order valence-electron chi connectivity index (χ0n) is 18.4. The van der Waals surface area contributed by atoms with Crippen LogP contribution in [0.25, 0.3) is 10.9 Å². The zero-order valence-corrected chi connectivity index (χ0v) is 18.4. The number of aryl methyl sites for hydroxylation is 2. The largest absolute Gasteiger partial charge is 0.384 e. The van der Waals surface area contributed by atoms with Gasteiger partial charge in [0.05, 0.1) is 6.54 Å². The lowest BCUT2D eigenvalue weighted by molar-refractivity contribution is 0.0379. The number of nitrogens with zero attached hydrogens (tertiary/aromatic N) is 2. The summed E-state index contributed by atoms with van der Waals surface area (Å²) in [6.45, 7) is 6.88. The first kappa shape index (κ1) is 18.7. The molecule has 2 fully saturated rings. The van der Waals surface area contributed by atoms with Gasteiger partial charge in [-0.25, -0.2) is 0 Å². The molecule has 2 aromatic carbocycles. The van der Waals surface area contributed by atoms with Crippen LogP contribution in [0.4, 0.5) is 0 Å². The van der Waals surface area contributed by atoms with E-state index in [4.69, 9.17) is 0 Å². The molecular weight excluding hydrogens is 368 g/mol. The van der Waals surface area contributed by atoms with Gasteiger partial charge in [-0.05, 0) is 69.7 Å². The molecule has 1 saturated heterocycles. The Kier molecular flexibility index (Phi) is 4.01. The summed E-state index contributed by atoms with van der Waals surface area (Å²) in [6, 6.07) is 17.3. The minimum atomic E-state index is -0.900. The second-order valence-corrected chi connectivity index (χ2v) is 10.2. The molecule has 3 unspecified atom stereocenters. The Balaban J connectivity index is 1.50. The van der Waals surface area contributed by atoms with E-state index in [1.165, 1.54) is 53.4 Å². The van der Waals surface area contributed by atoms with Crippen LogP contribution in [0, 0.1) is 13.8 Å². The van der Waals surface area contributed by atoms with Crippen molar-refractivity contribution in [3.63, 3.8) is 0 Å². The standard InChI is InChI=1S/C27H32N2O/c1-17-5-4-6-19(13-17)27(3,30)16-28-23-11-7-18(2)14-22(23)26-24-12-10-21(15-25(26)28)29(24)20-8-9-20/h4-7,11,13-14,20-21,24,30H,8-10,12,15-16H2,1-3H3. The molecule has 3 nitrogen and oxygen atoms in total. The van der Waals surface area contributed by atoms with Gasteiger partial charge in [-0.15, -0.1) is 0 Å². The van der Waals surface area contributed by atoms with Crippen molar-refractivity contribution in [2.24, 2.45) is 0 Å². The van der Waals surface area contributed by atoms with Crippen LogP contribution < -0.4 is 0 Å². The lowest BCUT2D eigenvalue weighted by atomic mass is 9.93. The van der Waals surface area contributed by atoms with Crippen LogP contribution in [0.15, 0.2) is 42.5 Å². The van der Waals surface area contributed by atoms with Gasteiger partial charge in [-0.2, -0.15) is 0 Å². The van der Waals surface area contributed by atoms with E-state index in [1.807, 2.05) is 6.92 Å². The molecule has 0 amide bonds. The molecule has 30 heavy (non-hydrogen) atoms. The summed E-state index contributed by atoms with van der Waals surface area (Å²) in [7, 11) is 0. The van der Waals surface area contributed by atoms with E-state index in [0.29, 0.717) is 18.6 Å². The quantitative estimate of drug-likeness (QED) is 0.636. The summed E-state index contributed by atoms with van der Waals surface area (Å²) < 4.78 is 2.46. The van der Waals surface area contributed by atoms with Crippen LogP contribution in [0.5, 0.6) is 0 Å². The van der Waals surface area contributed by atoms with Gasteiger partial charge >= 0.3 is 0 Å². The first-order valence-corrected chi connectivity index (χ1v) is 11.6. The molecule has 3 atom stereocenters. The van der Waals surface area contributed by atoms with Gasteiger partial charge < -0.3 is 9.67 Å². The highest BCUT2D eigenvalue weighted by atomic mass is 16.3. The highest BCUT2D eigenvalue weighted by Gasteiger charge is 2.48. The molecule has 0 spiro atoms. The summed E-state index contributed by atoms with van der Waals surface area (Å²) in [4.78, 5) is 2.85. The molecule has 1 N–H and O–H groups in total. The smallest absolute Gasteiger partial charge is 0.105 e. The minimum absolute atomic E-state index is 0.570. The van der Waals surface area contributed by atoms with E-state index in [1.54, 1.807) is 5.56 Å². The number of aromatic nitrogens is 1. The van der Waals surface area contributed by atoms with E-state index in [9.17, 15) is 5.11 Å². The van der Waals surface area contributed by atoms with Crippen LogP contribution in [-0.4, -0.2) is 26.7 Å². The molecule has 156 valence electrons. The normalized spacial score (nSPS) is 25.5. The SMILES string of the molecule is Cc1cccc(C(C)(O)Cn2c3c(c4cc(C)ccc42)C2CCC(C3)N2C2CC2)c1. The summed E-state index contributed by atoms with van der Waals surface area (Å²) in [6.07, 6.45) is 6.48. The molecule has 3 aromatic rings. The maximum atomic E-state index is 11.6. The summed E-state index contributed by atoms with van der Waals surface area (Å²) in [5, 5.41) is 13.0. The Morgan fingerprint density at radius 2 is 1.73 bits per heavy atom. The molecule has 6 rings (SSSR count). The average Bonchev–Trinajstić information content (AvgIpc) is 3.45. The van der Waals surface area contributed by atoms with Crippen molar-refractivity contribution in [2.45, 2.75) is 83.1 Å². The van der Waals surface area contributed by atoms with Crippen molar-refractivity contribution in [3.8, 4) is 0 Å². The monoisotopic (exact) mass is 400 g/mol. The molecule has 2 bridgehead atoms. The van der Waals surface area contributed by atoms with E-state index in [2.05, 4.69) is 65.8 Å². The van der Waals surface area contributed by atoms with Crippen molar-refractivity contribution in [2.75, 3.05) is 0 Å². The second kappa shape index (κ2) is 6.45. The Bertz CT molecular complexity index is 1140. The van der Waals surface area contributed by atoms with Crippen LogP contribution in [0.1, 0.15) is 66.6 Å². The first-order valence-electron chi connectivity index (χ1n) is 11.6. The molecule has 2 aliphatic heterocycles. The van der Waals surface area contributed by atoms with E-state index in [0.717, 1.165) is 18.0 Å². The third-order valence-corrected chi connectivity index (χ3v) is 7.76. The fourth-order valence-corrected chi connectivity index (χ4v) is 6.25. The number of hydrogen-bond acceptors (Lipinski definition) is 2. The number of hydrogen-bond donors (Lipinski definition) is 1. The number of rotatable bonds is 4. The third kappa shape index (κ3) is 2.79. The van der Waals surface area contributed by atoms with E-state index in [-0.39, 0.29) is 0 Å². The zero-order chi connectivity index (χ0) is 20.6. The van der Waals surface area contributed by atoms with Gasteiger partial charge in [0, 0.05) is 41.1 Å². The van der Waals surface area contributed by atoms with Gasteiger partial charge in [0.2, 0.25) is 0 Å². The summed E-state index contributed by atoms with van der Waals surface area (Å²) in [5.74, 6) is 0. The summed E-state index contributed by atoms with van der Waals surface area (Å²) >= 11 is 0. The summed E-state index contributed by atoms with van der Waals surface area (Å²) in [5.41, 5.74) is 6.96. The predicted molar refractivity (Wildman–Crippen MR) is 122 cm³/mol. The number of benzene rings is 2. The number of fused-ring (bicyclic) bond motifs is 6. The molecule has 1 aromatic heterocycles. The van der Waals surface area contributed by atoms with Gasteiger partial charge in [0.1, 0.15) is 5.60 Å². The molecular formula is C27H32N2O. The first-order chi connectivity index (χ1) is 14.4. The molecule has 3 heterocycles. The third-order valence-electron chi connectivity index (χ3n) is 7.76. The highest BCUT2D eigenvalue weighted by Crippen LogP contribution is 2.52. The van der Waals surface area contributed by atoms with Gasteiger partial charge in [-0.1, -0.05) is 41.5 Å². The second-order valence-electron chi connectivity index (χ2n) is 10.2. The van der Waals surface area contributed by atoms with Gasteiger partial charge in [-0.3, -0.25) is 4.90 Å². The van der Waals surface area contributed by atoms with Crippen molar-refractivity contribution >= 4 is 10.9 Å². The minimum Gasteiger partial charge on any atom is -0.384 e. The Labute approximate surface area is 179 Å². The lowest BCUT2D eigenvalue weighted by Crippen LogP contribution is -2.40. The lowest BCUT2D eigenvalue weighted by Gasteiger charge is -2.36. The maximum Gasteiger partial charge on any atom is 0.105 e.